The number of carboxylic acid groups (broad SMARTS) is 1. The van der Waals surface area contributed by atoms with Gasteiger partial charge in [0.2, 0.25) is 11.8 Å². The number of nitrogens with one attached hydrogen (secondary N) is 2. The number of ether oxygens (including phenoxy) is 2. The van der Waals surface area contributed by atoms with Crippen LogP contribution in [0.5, 0.6) is 11.5 Å². The smallest absolute Gasteiger partial charge is 0.325 e. The molecule has 0 saturated carbocycles. The van der Waals surface area contributed by atoms with Crippen LogP contribution >= 0.6 is 0 Å². The minimum absolute atomic E-state index is 0.138. The first-order chi connectivity index (χ1) is 23.7. The summed E-state index contributed by atoms with van der Waals surface area (Å²) in [6.07, 6.45) is 12.6. The molecule has 1 aromatic heterocycles. The molecular formula is C39H44N4O6. The molecular weight excluding hydrogens is 620 g/mol. The molecule has 2 atom stereocenters. The number of amides is 2. The highest BCUT2D eigenvalue weighted by molar-refractivity contribution is 5.96. The molecule has 0 bridgehead atoms. The molecule has 4 rings (SSSR count). The van der Waals surface area contributed by atoms with Crippen molar-refractivity contribution in [1.82, 2.24) is 20.6 Å². The highest BCUT2D eigenvalue weighted by Gasteiger charge is 2.24. The Morgan fingerprint density at radius 1 is 0.796 bits per heavy atom. The number of nitrogens with zero attached hydrogens (tertiary/aromatic N) is 2. The second-order valence-corrected chi connectivity index (χ2v) is 11.7. The van der Waals surface area contributed by atoms with Gasteiger partial charge in [0.15, 0.2) is 5.82 Å². The predicted octanol–water partition coefficient (Wildman–Crippen LogP) is 6.50. The van der Waals surface area contributed by atoms with Crippen molar-refractivity contribution in [3.8, 4) is 34.0 Å². The minimum atomic E-state index is -1.18. The Bertz CT molecular complexity index is 1670. The summed E-state index contributed by atoms with van der Waals surface area (Å²) in [5.41, 5.74) is 4.18. The van der Waals surface area contributed by atoms with E-state index in [0.717, 1.165) is 46.6 Å². The van der Waals surface area contributed by atoms with Gasteiger partial charge < -0.3 is 25.2 Å². The zero-order valence-electron chi connectivity index (χ0n) is 28.2. The van der Waals surface area contributed by atoms with Crippen molar-refractivity contribution in [2.24, 2.45) is 0 Å². The molecule has 2 unspecified atom stereocenters. The predicted molar refractivity (Wildman–Crippen MR) is 190 cm³/mol. The van der Waals surface area contributed by atoms with Gasteiger partial charge in [0.05, 0.1) is 13.7 Å². The van der Waals surface area contributed by atoms with Crippen molar-refractivity contribution in [2.75, 3.05) is 13.7 Å². The third-order valence-corrected chi connectivity index (χ3v) is 7.91. The van der Waals surface area contributed by atoms with Gasteiger partial charge in [-0.2, -0.15) is 0 Å². The quantitative estimate of drug-likeness (QED) is 0.0810. The molecule has 2 amide bonds. The lowest BCUT2D eigenvalue weighted by molar-refractivity contribution is -0.141. The topological polar surface area (TPSA) is 140 Å². The van der Waals surface area contributed by atoms with E-state index in [-0.39, 0.29) is 6.42 Å². The number of hydrogen-bond donors (Lipinski definition) is 3. The fourth-order valence-corrected chi connectivity index (χ4v) is 4.98. The third-order valence-electron chi connectivity index (χ3n) is 7.91. The van der Waals surface area contributed by atoms with Crippen LogP contribution in [-0.2, 0) is 20.8 Å². The monoisotopic (exact) mass is 664 g/mol. The molecule has 0 aliphatic heterocycles. The maximum Gasteiger partial charge on any atom is 0.325 e. The number of benzene rings is 3. The normalized spacial score (nSPS) is 12.2. The molecule has 256 valence electrons. The molecule has 0 spiro atoms. The van der Waals surface area contributed by atoms with Crippen molar-refractivity contribution < 1.29 is 29.0 Å². The Labute approximate surface area is 287 Å². The summed E-state index contributed by atoms with van der Waals surface area (Å²) in [6.45, 7) is 4.29. The number of unbranched alkanes of at least 4 members (excludes halogenated alkanes) is 4. The molecule has 10 heteroatoms. The molecule has 0 radical (unpaired) electrons. The van der Waals surface area contributed by atoms with Crippen LogP contribution in [0, 0.1) is 0 Å². The highest BCUT2D eigenvalue weighted by Crippen LogP contribution is 2.24. The van der Waals surface area contributed by atoms with E-state index in [9.17, 15) is 19.5 Å². The van der Waals surface area contributed by atoms with E-state index in [2.05, 4.69) is 27.5 Å². The van der Waals surface area contributed by atoms with Crippen molar-refractivity contribution in [1.29, 1.82) is 0 Å². The maximum absolute atomic E-state index is 13.0. The summed E-state index contributed by atoms with van der Waals surface area (Å²) in [7, 11) is 1.57. The summed E-state index contributed by atoms with van der Waals surface area (Å²) in [6, 6.07) is 20.3. The van der Waals surface area contributed by atoms with Gasteiger partial charge >= 0.3 is 5.97 Å². The molecule has 3 N–H and O–H groups in total. The molecule has 0 fully saturated rings. The van der Waals surface area contributed by atoms with Gasteiger partial charge in [-0.05, 0) is 60.4 Å². The minimum Gasteiger partial charge on any atom is -0.497 e. The number of aromatic nitrogens is 2. The molecule has 0 saturated heterocycles. The number of rotatable bonds is 18. The van der Waals surface area contributed by atoms with Crippen molar-refractivity contribution >= 4 is 23.9 Å². The Balaban J connectivity index is 1.37. The lowest BCUT2D eigenvalue weighted by Gasteiger charge is -2.19. The van der Waals surface area contributed by atoms with Crippen LogP contribution in [0.15, 0.2) is 91.3 Å². The molecule has 3 aromatic carbocycles. The number of carbonyl (C=O) groups excluding carboxylic acids is 2. The fraction of sp³-hybridized carbons (Fsp3) is 0.308. The van der Waals surface area contributed by atoms with Gasteiger partial charge in [0.25, 0.3) is 0 Å². The lowest BCUT2D eigenvalue weighted by Crippen LogP contribution is -2.51. The first kappa shape index (κ1) is 36.3. The third kappa shape index (κ3) is 11.6. The Morgan fingerprint density at radius 3 is 2.06 bits per heavy atom. The standard InChI is InChI=1S/C39H44N4O6/c1-4-5-6-7-8-23-49-34-20-16-30(17-21-34)32-25-40-37(41-26-32)31-14-9-29(10-15-31)24-35(38(45)42-27(2)39(46)47)43-36(44)22-13-28-11-18-33(48-3)19-12-28/h9-22,25-27,35H,4-8,23-24H2,1-3H3,(H,42,45)(H,43,44)(H,46,47). The van der Waals surface area contributed by atoms with Gasteiger partial charge in [-0.15, -0.1) is 0 Å². The molecule has 10 nitrogen and oxygen atoms in total. The second-order valence-electron chi connectivity index (χ2n) is 11.7. The van der Waals surface area contributed by atoms with Crippen molar-refractivity contribution in [2.45, 2.75) is 64.5 Å². The number of methoxy groups -OCH3 is 1. The fourth-order valence-electron chi connectivity index (χ4n) is 4.98. The molecule has 0 aliphatic rings. The lowest BCUT2D eigenvalue weighted by atomic mass is 10.0. The zero-order valence-corrected chi connectivity index (χ0v) is 28.2. The van der Waals surface area contributed by atoms with Crippen LogP contribution in [0.2, 0.25) is 0 Å². The van der Waals surface area contributed by atoms with Gasteiger partial charge in [-0.1, -0.05) is 81.1 Å². The van der Waals surface area contributed by atoms with E-state index < -0.39 is 29.9 Å². The van der Waals surface area contributed by atoms with E-state index in [1.165, 1.54) is 38.7 Å². The average molecular weight is 665 g/mol. The number of aliphatic carboxylic acids is 1. The van der Waals surface area contributed by atoms with Crippen LogP contribution in [0.1, 0.15) is 57.1 Å². The average Bonchev–Trinajstić information content (AvgIpc) is 3.12. The number of carbonyl (C=O) groups is 3. The van der Waals surface area contributed by atoms with E-state index in [1.54, 1.807) is 49.8 Å². The first-order valence-corrected chi connectivity index (χ1v) is 16.6. The summed E-state index contributed by atoms with van der Waals surface area (Å²) < 4.78 is 11.0. The van der Waals surface area contributed by atoms with Gasteiger partial charge in [0.1, 0.15) is 23.6 Å². The summed E-state index contributed by atoms with van der Waals surface area (Å²) in [4.78, 5) is 46.3. The van der Waals surface area contributed by atoms with Gasteiger partial charge in [-0.3, -0.25) is 14.4 Å². The molecule has 4 aromatic rings. The Kier molecular flexibility index (Phi) is 13.9. The van der Waals surface area contributed by atoms with Gasteiger partial charge in [0, 0.05) is 36.0 Å². The van der Waals surface area contributed by atoms with Crippen LogP contribution in [0.4, 0.5) is 0 Å². The second kappa shape index (κ2) is 18.7. The Morgan fingerprint density at radius 2 is 1.43 bits per heavy atom. The summed E-state index contributed by atoms with van der Waals surface area (Å²) >= 11 is 0. The van der Waals surface area contributed by atoms with Crippen molar-refractivity contribution in [3.05, 3.63) is 102 Å². The van der Waals surface area contributed by atoms with E-state index >= 15 is 0 Å². The highest BCUT2D eigenvalue weighted by atomic mass is 16.5. The largest absolute Gasteiger partial charge is 0.497 e. The number of carboxylic acids is 1. The van der Waals surface area contributed by atoms with Crippen molar-refractivity contribution in [3.63, 3.8) is 0 Å². The van der Waals surface area contributed by atoms with Gasteiger partial charge in [-0.25, -0.2) is 9.97 Å². The van der Waals surface area contributed by atoms with E-state index in [1.807, 2.05) is 48.5 Å². The van der Waals surface area contributed by atoms with E-state index in [0.29, 0.717) is 11.6 Å². The van der Waals surface area contributed by atoms with Crippen LogP contribution in [-0.4, -0.2) is 58.7 Å². The number of hydrogen-bond acceptors (Lipinski definition) is 7. The first-order valence-electron chi connectivity index (χ1n) is 16.6. The Hall–Kier alpha value is -5.51. The van der Waals surface area contributed by atoms with E-state index in [4.69, 9.17) is 9.47 Å². The van der Waals surface area contributed by atoms with Crippen LogP contribution in [0.3, 0.4) is 0 Å². The summed E-state index contributed by atoms with van der Waals surface area (Å²) in [5, 5.41) is 14.4. The summed E-state index contributed by atoms with van der Waals surface area (Å²) in [5.74, 6) is -0.203. The van der Waals surface area contributed by atoms with Crippen LogP contribution in [0.25, 0.3) is 28.6 Å². The molecule has 0 aliphatic carbocycles. The maximum atomic E-state index is 13.0. The SMILES string of the molecule is CCCCCCCOc1ccc(-c2cnc(-c3ccc(CC(NC(=O)C=Cc4ccc(OC)cc4)C(=O)NC(C)C(=O)O)cc3)nc2)cc1. The molecule has 1 heterocycles. The molecule has 49 heavy (non-hydrogen) atoms. The zero-order chi connectivity index (χ0) is 35.0. The van der Waals surface area contributed by atoms with Crippen LogP contribution < -0.4 is 20.1 Å².